The van der Waals surface area contributed by atoms with E-state index < -0.39 is 28.9 Å². The van der Waals surface area contributed by atoms with E-state index in [0.29, 0.717) is 24.9 Å². The molecule has 1 unspecified atom stereocenters. The van der Waals surface area contributed by atoms with Gasteiger partial charge in [0.1, 0.15) is 0 Å². The monoisotopic (exact) mass is 420 g/mol. The van der Waals surface area contributed by atoms with Gasteiger partial charge in [-0.25, -0.2) is 17.2 Å². The second-order valence-corrected chi connectivity index (χ2v) is 9.41. The zero-order valence-corrected chi connectivity index (χ0v) is 16.8. The zero-order valence-electron chi connectivity index (χ0n) is 16.0. The van der Waals surface area contributed by atoms with Crippen LogP contribution in [0.25, 0.3) is 0 Å². The Hall–Kier alpha value is -2.48. The first kappa shape index (κ1) is 19.8. The van der Waals surface area contributed by atoms with Gasteiger partial charge in [-0.1, -0.05) is 24.3 Å². The van der Waals surface area contributed by atoms with Crippen molar-refractivity contribution >= 4 is 21.6 Å². The van der Waals surface area contributed by atoms with Gasteiger partial charge in [0.2, 0.25) is 0 Å². The van der Waals surface area contributed by atoms with Crippen LogP contribution in [0.1, 0.15) is 35.7 Å². The first-order valence-corrected chi connectivity index (χ1v) is 11.0. The third-order valence-corrected chi connectivity index (χ3v) is 7.29. The van der Waals surface area contributed by atoms with E-state index in [2.05, 4.69) is 0 Å². The SMILES string of the molecule is CC1Cc2ccccc2N1S(=O)(=O)c1cccc(C(=O)N(CC(F)F)C2CC2)c1. The first-order chi connectivity index (χ1) is 13.8. The molecular formula is C21H22F2N2O3S. The van der Waals surface area contributed by atoms with Gasteiger partial charge in [0.15, 0.2) is 0 Å². The number of carbonyl (C=O) groups is 1. The van der Waals surface area contributed by atoms with Crippen molar-refractivity contribution in [1.82, 2.24) is 4.90 Å². The summed E-state index contributed by atoms with van der Waals surface area (Å²) in [6.07, 6.45) is -0.636. The Kier molecular flexibility index (Phi) is 5.06. The van der Waals surface area contributed by atoms with Crippen molar-refractivity contribution < 1.29 is 22.0 Å². The van der Waals surface area contributed by atoms with E-state index in [9.17, 15) is 22.0 Å². The molecule has 0 spiro atoms. The summed E-state index contributed by atoms with van der Waals surface area (Å²) < 4.78 is 53.9. The molecule has 8 heteroatoms. The number of alkyl halides is 2. The molecule has 2 aromatic rings. The molecule has 2 aromatic carbocycles. The fourth-order valence-electron chi connectivity index (χ4n) is 3.91. The largest absolute Gasteiger partial charge is 0.330 e. The van der Waals surface area contributed by atoms with Gasteiger partial charge in [-0.05, 0) is 56.0 Å². The Balaban J connectivity index is 1.67. The third kappa shape index (κ3) is 3.73. The molecule has 5 nitrogen and oxygen atoms in total. The molecular weight excluding hydrogens is 398 g/mol. The van der Waals surface area contributed by atoms with Crippen LogP contribution >= 0.6 is 0 Å². The van der Waals surface area contributed by atoms with Crippen molar-refractivity contribution in [2.45, 2.75) is 49.6 Å². The van der Waals surface area contributed by atoms with Gasteiger partial charge < -0.3 is 4.90 Å². The van der Waals surface area contributed by atoms with E-state index in [0.717, 1.165) is 10.5 Å². The molecule has 1 aliphatic carbocycles. The molecule has 1 aliphatic heterocycles. The molecule has 1 saturated carbocycles. The van der Waals surface area contributed by atoms with Crippen molar-refractivity contribution in [2.24, 2.45) is 0 Å². The number of rotatable bonds is 6. The molecule has 0 N–H and O–H groups in total. The Morgan fingerprint density at radius 3 is 2.59 bits per heavy atom. The normalized spacial score (nSPS) is 18.8. The highest BCUT2D eigenvalue weighted by atomic mass is 32.2. The summed E-state index contributed by atoms with van der Waals surface area (Å²) in [5.41, 5.74) is 1.69. The summed E-state index contributed by atoms with van der Waals surface area (Å²) in [5.74, 6) is -0.556. The number of carbonyl (C=O) groups excluding carboxylic acids is 1. The fraction of sp³-hybridized carbons (Fsp3) is 0.381. The van der Waals surface area contributed by atoms with Gasteiger partial charge in [0, 0.05) is 17.6 Å². The van der Waals surface area contributed by atoms with Crippen molar-refractivity contribution in [2.75, 3.05) is 10.8 Å². The molecule has 154 valence electrons. The van der Waals surface area contributed by atoms with Crippen LogP contribution in [0.4, 0.5) is 14.5 Å². The standard InChI is InChI=1S/C21H22F2N2O3S/c1-14-11-15-5-2-3-8-19(15)25(14)29(27,28)18-7-4-6-16(12-18)21(26)24(13-20(22)23)17-9-10-17/h2-8,12,14,17,20H,9-11,13H2,1H3. The molecule has 1 amide bonds. The van der Waals surface area contributed by atoms with Crippen LogP contribution in [-0.4, -0.2) is 44.3 Å². The Bertz CT molecular complexity index is 1040. The quantitative estimate of drug-likeness (QED) is 0.716. The summed E-state index contributed by atoms with van der Waals surface area (Å²) in [5, 5.41) is 0. The second kappa shape index (κ2) is 7.40. The Morgan fingerprint density at radius 2 is 1.90 bits per heavy atom. The molecule has 1 fully saturated rings. The second-order valence-electron chi connectivity index (χ2n) is 7.59. The molecule has 0 bridgehead atoms. The van der Waals surface area contributed by atoms with Crippen LogP contribution in [0.2, 0.25) is 0 Å². The van der Waals surface area contributed by atoms with Crippen LogP contribution in [0, 0.1) is 0 Å². The van der Waals surface area contributed by atoms with Crippen LogP contribution in [0.3, 0.4) is 0 Å². The maximum Gasteiger partial charge on any atom is 0.264 e. The van der Waals surface area contributed by atoms with E-state index in [4.69, 9.17) is 0 Å². The number of halogens is 2. The van der Waals surface area contributed by atoms with Gasteiger partial charge in [-0.15, -0.1) is 0 Å². The number of hydrogen-bond donors (Lipinski definition) is 0. The first-order valence-electron chi connectivity index (χ1n) is 9.60. The van der Waals surface area contributed by atoms with Crippen molar-refractivity contribution in [1.29, 1.82) is 0 Å². The van der Waals surface area contributed by atoms with Crippen LogP contribution in [-0.2, 0) is 16.4 Å². The molecule has 1 atom stereocenters. The van der Waals surface area contributed by atoms with Gasteiger partial charge in [0.05, 0.1) is 17.1 Å². The maximum absolute atomic E-state index is 13.4. The van der Waals surface area contributed by atoms with E-state index in [1.807, 2.05) is 19.1 Å². The van der Waals surface area contributed by atoms with E-state index >= 15 is 0 Å². The Morgan fingerprint density at radius 1 is 1.17 bits per heavy atom. The minimum absolute atomic E-state index is 0.0142. The highest BCUT2D eigenvalue weighted by Gasteiger charge is 2.37. The lowest BCUT2D eigenvalue weighted by Gasteiger charge is -2.25. The molecule has 0 saturated heterocycles. The summed E-state index contributed by atoms with van der Waals surface area (Å²) in [6, 6.07) is 12.6. The van der Waals surface area contributed by atoms with Crippen LogP contribution < -0.4 is 4.31 Å². The molecule has 0 radical (unpaired) electrons. The lowest BCUT2D eigenvalue weighted by Crippen LogP contribution is -2.37. The number of nitrogens with zero attached hydrogens (tertiary/aromatic N) is 2. The van der Waals surface area contributed by atoms with Crippen molar-refractivity contribution in [3.05, 3.63) is 59.7 Å². The zero-order chi connectivity index (χ0) is 20.8. The van der Waals surface area contributed by atoms with Gasteiger partial charge in [-0.3, -0.25) is 9.10 Å². The van der Waals surface area contributed by atoms with Crippen molar-refractivity contribution in [3.63, 3.8) is 0 Å². The van der Waals surface area contributed by atoms with Crippen molar-refractivity contribution in [3.8, 4) is 0 Å². The minimum atomic E-state index is -3.90. The molecule has 0 aromatic heterocycles. The number of sulfonamides is 1. The molecule has 4 rings (SSSR count). The number of benzene rings is 2. The van der Waals surface area contributed by atoms with Gasteiger partial charge >= 0.3 is 0 Å². The van der Waals surface area contributed by atoms with Gasteiger partial charge in [-0.2, -0.15) is 0 Å². The summed E-state index contributed by atoms with van der Waals surface area (Å²) in [4.78, 5) is 14.0. The van der Waals surface area contributed by atoms with Crippen LogP contribution in [0.15, 0.2) is 53.4 Å². The number of amides is 1. The number of para-hydroxylation sites is 1. The predicted molar refractivity (Wildman–Crippen MR) is 106 cm³/mol. The Labute approximate surface area is 169 Å². The molecule has 1 heterocycles. The number of hydrogen-bond acceptors (Lipinski definition) is 3. The molecule has 2 aliphatic rings. The summed E-state index contributed by atoms with van der Waals surface area (Å²) >= 11 is 0. The number of anilines is 1. The fourth-order valence-corrected chi connectivity index (χ4v) is 5.64. The smallest absolute Gasteiger partial charge is 0.264 e. The number of fused-ring (bicyclic) bond motifs is 1. The topological polar surface area (TPSA) is 57.7 Å². The van der Waals surface area contributed by atoms with E-state index in [1.54, 1.807) is 12.1 Å². The van der Waals surface area contributed by atoms with E-state index in [1.165, 1.54) is 28.6 Å². The average Bonchev–Trinajstić information content (AvgIpc) is 3.46. The predicted octanol–water partition coefficient (Wildman–Crippen LogP) is 3.70. The lowest BCUT2D eigenvalue weighted by molar-refractivity contribution is 0.0534. The minimum Gasteiger partial charge on any atom is -0.330 e. The van der Waals surface area contributed by atoms with E-state index in [-0.39, 0.29) is 22.5 Å². The highest BCUT2D eigenvalue weighted by molar-refractivity contribution is 7.92. The molecule has 29 heavy (non-hydrogen) atoms. The maximum atomic E-state index is 13.4. The third-order valence-electron chi connectivity index (χ3n) is 5.37. The van der Waals surface area contributed by atoms with Crippen LogP contribution in [0.5, 0.6) is 0 Å². The summed E-state index contributed by atoms with van der Waals surface area (Å²) in [6.45, 7) is 1.20. The lowest BCUT2D eigenvalue weighted by atomic mass is 10.1. The summed E-state index contributed by atoms with van der Waals surface area (Å²) in [7, 11) is -3.90. The van der Waals surface area contributed by atoms with Gasteiger partial charge in [0.25, 0.3) is 22.4 Å². The average molecular weight is 420 g/mol. The highest BCUT2D eigenvalue weighted by Crippen LogP contribution is 2.37.